The fourth-order valence-corrected chi connectivity index (χ4v) is 1.85. The second kappa shape index (κ2) is 5.62. The van der Waals surface area contributed by atoms with Crippen LogP contribution in [-0.2, 0) is 6.18 Å². The number of aromatic nitrogens is 1. The molecule has 1 N–H and O–H groups in total. The number of nitrogens with one attached hydrogen (secondary N) is 1. The lowest BCUT2D eigenvalue weighted by atomic mass is 10.2. The topological polar surface area (TPSA) is 42.0 Å². The molecule has 0 radical (unpaired) electrons. The number of hydrogen-bond acceptors (Lipinski definition) is 2. The van der Waals surface area contributed by atoms with E-state index in [2.05, 4.69) is 26.2 Å². The first kappa shape index (κ1) is 14.5. The van der Waals surface area contributed by atoms with Crippen LogP contribution in [0.5, 0.6) is 0 Å². The number of alkyl halides is 3. The summed E-state index contributed by atoms with van der Waals surface area (Å²) in [5.41, 5.74) is -0.179. The van der Waals surface area contributed by atoms with Crippen LogP contribution in [0.3, 0.4) is 0 Å². The monoisotopic (exact) mass is 344 g/mol. The summed E-state index contributed by atoms with van der Waals surface area (Å²) in [6.45, 7) is 0. The minimum Gasteiger partial charge on any atom is -0.322 e. The summed E-state index contributed by atoms with van der Waals surface area (Å²) in [7, 11) is 0. The number of carbonyl (C=O) groups is 1. The molecule has 0 spiro atoms. The van der Waals surface area contributed by atoms with Crippen LogP contribution in [0.1, 0.15) is 15.9 Å². The number of anilines is 1. The van der Waals surface area contributed by atoms with Crippen molar-refractivity contribution in [3.05, 3.63) is 58.3 Å². The van der Waals surface area contributed by atoms with Gasteiger partial charge in [0.25, 0.3) is 5.91 Å². The Morgan fingerprint density at radius 3 is 2.35 bits per heavy atom. The second-order valence-corrected chi connectivity index (χ2v) is 4.84. The molecule has 0 atom stereocenters. The summed E-state index contributed by atoms with van der Waals surface area (Å²) in [5, 5.41) is 2.50. The Kier molecular flexibility index (Phi) is 4.08. The Morgan fingerprint density at radius 2 is 1.80 bits per heavy atom. The zero-order chi connectivity index (χ0) is 14.8. The summed E-state index contributed by atoms with van der Waals surface area (Å²) < 4.78 is 37.8. The second-order valence-electron chi connectivity index (χ2n) is 3.92. The van der Waals surface area contributed by atoms with E-state index >= 15 is 0 Å². The number of nitrogens with zero attached hydrogens (tertiary/aromatic N) is 1. The minimum absolute atomic E-state index is 0.281. The molecule has 1 heterocycles. The Hall–Kier alpha value is -1.89. The fourth-order valence-electron chi connectivity index (χ4n) is 1.48. The number of rotatable bonds is 2. The summed E-state index contributed by atoms with van der Waals surface area (Å²) in [4.78, 5) is 15.7. The van der Waals surface area contributed by atoms with Gasteiger partial charge in [-0.25, -0.2) is 0 Å². The van der Waals surface area contributed by atoms with Gasteiger partial charge >= 0.3 is 6.18 Å². The molecule has 7 heteroatoms. The van der Waals surface area contributed by atoms with Gasteiger partial charge in [0, 0.05) is 22.6 Å². The fraction of sp³-hybridized carbons (Fsp3) is 0.0769. The lowest BCUT2D eigenvalue weighted by Gasteiger charge is -2.08. The Labute approximate surface area is 121 Å². The van der Waals surface area contributed by atoms with Crippen LogP contribution in [0.2, 0.25) is 0 Å². The van der Waals surface area contributed by atoms with Crippen molar-refractivity contribution in [3.8, 4) is 0 Å². The summed E-state index contributed by atoms with van der Waals surface area (Å²) >= 11 is 3.18. The molecule has 0 aliphatic carbocycles. The van der Waals surface area contributed by atoms with Gasteiger partial charge in [-0.1, -0.05) is 0 Å². The number of benzene rings is 1. The van der Waals surface area contributed by atoms with E-state index in [0.717, 1.165) is 12.1 Å². The van der Waals surface area contributed by atoms with Crippen LogP contribution in [0.4, 0.5) is 18.9 Å². The Morgan fingerprint density at radius 1 is 1.15 bits per heavy atom. The molecule has 20 heavy (non-hydrogen) atoms. The van der Waals surface area contributed by atoms with E-state index < -0.39 is 17.6 Å². The molecule has 1 amide bonds. The average molecular weight is 345 g/mol. The molecule has 1 aromatic heterocycles. The maximum Gasteiger partial charge on any atom is 0.416 e. The molecule has 2 aromatic rings. The zero-order valence-corrected chi connectivity index (χ0v) is 11.5. The summed E-state index contributed by atoms with van der Waals surface area (Å²) in [6, 6.07) is 5.79. The molecule has 0 aliphatic rings. The van der Waals surface area contributed by atoms with E-state index in [0.29, 0.717) is 10.0 Å². The van der Waals surface area contributed by atoms with E-state index in [4.69, 9.17) is 0 Å². The largest absolute Gasteiger partial charge is 0.416 e. The number of carbonyl (C=O) groups excluding carboxylic acids is 1. The minimum atomic E-state index is -4.39. The highest BCUT2D eigenvalue weighted by molar-refractivity contribution is 9.10. The zero-order valence-electron chi connectivity index (χ0n) is 9.91. The van der Waals surface area contributed by atoms with Crippen LogP contribution < -0.4 is 5.32 Å². The predicted octanol–water partition coefficient (Wildman–Crippen LogP) is 4.12. The maximum absolute atomic E-state index is 12.4. The van der Waals surface area contributed by atoms with Gasteiger partial charge < -0.3 is 5.32 Å². The first-order valence-electron chi connectivity index (χ1n) is 5.45. The Bertz CT molecular complexity index is 626. The third-order valence-corrected chi connectivity index (χ3v) is 2.87. The van der Waals surface area contributed by atoms with Crippen LogP contribution in [0, 0.1) is 0 Å². The van der Waals surface area contributed by atoms with Gasteiger partial charge in [0.15, 0.2) is 0 Å². The molecule has 0 unspecified atom stereocenters. The molecule has 1 aromatic carbocycles. The summed E-state index contributed by atoms with van der Waals surface area (Å²) in [6.07, 6.45) is -1.50. The standard InChI is InChI=1S/C13H8BrF3N2O/c14-10-5-8(6-18-7-10)12(20)19-11-3-1-9(2-4-11)13(15,16)17/h1-7H,(H,19,20). The van der Waals surface area contributed by atoms with E-state index in [9.17, 15) is 18.0 Å². The molecule has 0 saturated carbocycles. The van der Waals surface area contributed by atoms with E-state index in [-0.39, 0.29) is 5.69 Å². The average Bonchev–Trinajstić information content (AvgIpc) is 2.38. The van der Waals surface area contributed by atoms with Crippen LogP contribution in [0.25, 0.3) is 0 Å². The lowest BCUT2D eigenvalue weighted by molar-refractivity contribution is -0.137. The summed E-state index contributed by atoms with van der Waals surface area (Å²) in [5.74, 6) is -0.446. The normalized spacial score (nSPS) is 11.2. The number of halogens is 4. The predicted molar refractivity (Wildman–Crippen MR) is 71.3 cm³/mol. The smallest absolute Gasteiger partial charge is 0.322 e. The molecule has 0 saturated heterocycles. The quantitative estimate of drug-likeness (QED) is 0.890. The van der Waals surface area contributed by atoms with E-state index in [1.807, 2.05) is 0 Å². The van der Waals surface area contributed by atoms with Gasteiger partial charge in [0.05, 0.1) is 11.1 Å². The number of hydrogen-bond donors (Lipinski definition) is 1. The molecule has 0 bridgehead atoms. The van der Waals surface area contributed by atoms with E-state index in [1.165, 1.54) is 24.5 Å². The SMILES string of the molecule is O=C(Nc1ccc(C(F)(F)F)cc1)c1cncc(Br)c1. The van der Waals surface area contributed by atoms with Gasteiger partial charge in [-0.3, -0.25) is 9.78 Å². The van der Waals surface area contributed by atoms with Gasteiger partial charge in [-0.2, -0.15) is 13.2 Å². The van der Waals surface area contributed by atoms with Gasteiger partial charge in [0.2, 0.25) is 0 Å². The van der Waals surface area contributed by atoms with Crippen molar-refractivity contribution in [3.63, 3.8) is 0 Å². The van der Waals surface area contributed by atoms with Gasteiger partial charge in [0.1, 0.15) is 0 Å². The van der Waals surface area contributed by atoms with Crippen molar-refractivity contribution < 1.29 is 18.0 Å². The van der Waals surface area contributed by atoms with Gasteiger partial charge in [-0.05, 0) is 46.3 Å². The van der Waals surface area contributed by atoms with Crippen molar-refractivity contribution >= 4 is 27.5 Å². The van der Waals surface area contributed by atoms with E-state index in [1.54, 1.807) is 6.07 Å². The first-order chi connectivity index (χ1) is 9.36. The van der Waals surface area contributed by atoms with Crippen molar-refractivity contribution in [1.29, 1.82) is 0 Å². The third kappa shape index (κ3) is 3.57. The maximum atomic E-state index is 12.4. The molecule has 0 aliphatic heterocycles. The van der Waals surface area contributed by atoms with Crippen LogP contribution >= 0.6 is 15.9 Å². The third-order valence-electron chi connectivity index (χ3n) is 2.44. The van der Waals surface area contributed by atoms with Gasteiger partial charge in [-0.15, -0.1) is 0 Å². The highest BCUT2D eigenvalue weighted by atomic mass is 79.9. The highest BCUT2D eigenvalue weighted by Gasteiger charge is 2.29. The first-order valence-corrected chi connectivity index (χ1v) is 6.25. The van der Waals surface area contributed by atoms with Crippen molar-refractivity contribution in [2.24, 2.45) is 0 Å². The highest BCUT2D eigenvalue weighted by Crippen LogP contribution is 2.29. The number of amides is 1. The Balaban J connectivity index is 2.12. The van der Waals surface area contributed by atoms with Crippen molar-refractivity contribution in [2.75, 3.05) is 5.32 Å². The van der Waals surface area contributed by atoms with Crippen molar-refractivity contribution in [2.45, 2.75) is 6.18 Å². The van der Waals surface area contributed by atoms with Crippen LogP contribution in [0.15, 0.2) is 47.2 Å². The molecule has 2 rings (SSSR count). The van der Waals surface area contributed by atoms with Crippen molar-refractivity contribution in [1.82, 2.24) is 4.98 Å². The molecular formula is C13H8BrF3N2O. The lowest BCUT2D eigenvalue weighted by Crippen LogP contribution is -2.12. The molecule has 104 valence electrons. The number of pyridine rings is 1. The van der Waals surface area contributed by atoms with Crippen LogP contribution in [-0.4, -0.2) is 10.9 Å². The molecule has 0 fully saturated rings. The molecular weight excluding hydrogens is 337 g/mol. The molecule has 3 nitrogen and oxygen atoms in total.